The van der Waals surface area contributed by atoms with Gasteiger partial charge in [-0.15, -0.1) is 0 Å². The number of halogens is 3. The van der Waals surface area contributed by atoms with Crippen LogP contribution in [0.5, 0.6) is 5.75 Å². The van der Waals surface area contributed by atoms with E-state index in [0.717, 1.165) is 5.56 Å². The van der Waals surface area contributed by atoms with Crippen LogP contribution in [0.2, 0.25) is 15.1 Å². The van der Waals surface area contributed by atoms with E-state index in [-0.39, 0.29) is 12.5 Å². The molecular formula is C18H22Cl3N3O2. The molecule has 0 spiro atoms. The molecule has 1 aromatic heterocycles. The molecule has 0 bridgehead atoms. The summed E-state index contributed by atoms with van der Waals surface area (Å²) in [6.45, 7) is 6.79. The van der Waals surface area contributed by atoms with Gasteiger partial charge in [-0.2, -0.15) is 5.10 Å². The quantitative estimate of drug-likeness (QED) is 0.695. The van der Waals surface area contributed by atoms with Crippen LogP contribution in [0, 0.1) is 5.92 Å². The van der Waals surface area contributed by atoms with E-state index in [1.165, 1.54) is 4.68 Å². The van der Waals surface area contributed by atoms with Crippen LogP contribution in [0.1, 0.15) is 42.5 Å². The minimum atomic E-state index is -0.308. The number of ether oxygens (including phenoxy) is 1. The summed E-state index contributed by atoms with van der Waals surface area (Å²) >= 11 is 18.8. The Balaban J connectivity index is 2.10. The Kier molecular flexibility index (Phi) is 7.21. The van der Waals surface area contributed by atoms with Crippen LogP contribution in [-0.2, 0) is 20.0 Å². The number of rotatable bonds is 7. The highest BCUT2D eigenvalue weighted by Crippen LogP contribution is 2.34. The van der Waals surface area contributed by atoms with Crippen molar-refractivity contribution in [2.75, 3.05) is 6.61 Å². The van der Waals surface area contributed by atoms with E-state index in [1.54, 1.807) is 19.2 Å². The Bertz CT molecular complexity index is 780. The molecule has 0 aliphatic rings. The van der Waals surface area contributed by atoms with E-state index in [0.29, 0.717) is 51.2 Å². The maximum absolute atomic E-state index is 12.5. The lowest BCUT2D eigenvalue weighted by molar-refractivity contribution is 0.0941. The van der Waals surface area contributed by atoms with Gasteiger partial charge in [0.25, 0.3) is 5.91 Å². The topological polar surface area (TPSA) is 56.2 Å². The highest BCUT2D eigenvalue weighted by atomic mass is 35.5. The van der Waals surface area contributed by atoms with Gasteiger partial charge in [0.2, 0.25) is 0 Å². The molecule has 1 amide bonds. The number of carbonyl (C=O) groups is 1. The maximum Gasteiger partial charge on any atom is 0.271 e. The zero-order valence-electron chi connectivity index (χ0n) is 15.2. The third-order valence-electron chi connectivity index (χ3n) is 3.68. The van der Waals surface area contributed by atoms with E-state index in [4.69, 9.17) is 39.5 Å². The van der Waals surface area contributed by atoms with Crippen molar-refractivity contribution in [1.29, 1.82) is 0 Å². The predicted molar refractivity (Wildman–Crippen MR) is 106 cm³/mol. The van der Waals surface area contributed by atoms with E-state index in [1.807, 2.05) is 20.8 Å². The molecular weight excluding hydrogens is 397 g/mol. The molecule has 2 rings (SSSR count). The molecule has 1 N–H and O–H groups in total. The zero-order chi connectivity index (χ0) is 19.4. The van der Waals surface area contributed by atoms with Crippen LogP contribution >= 0.6 is 34.8 Å². The SMILES string of the molecule is CCc1nn(C)c(C(=O)NCc2cc(Cl)c(OCC(C)C)c(Cl)c2)c1Cl. The van der Waals surface area contributed by atoms with E-state index >= 15 is 0 Å². The monoisotopic (exact) mass is 417 g/mol. The fraction of sp³-hybridized carbons (Fsp3) is 0.444. The average molecular weight is 419 g/mol. The second-order valence-electron chi connectivity index (χ2n) is 6.36. The molecule has 0 saturated carbocycles. The minimum absolute atomic E-state index is 0.256. The number of amides is 1. The highest BCUT2D eigenvalue weighted by molar-refractivity contribution is 6.37. The summed E-state index contributed by atoms with van der Waals surface area (Å²) in [5.41, 5.74) is 1.79. The summed E-state index contributed by atoms with van der Waals surface area (Å²) in [5, 5.41) is 8.26. The number of carbonyl (C=O) groups excluding carboxylic acids is 1. The molecule has 2 aromatic rings. The lowest BCUT2D eigenvalue weighted by Crippen LogP contribution is -2.25. The van der Waals surface area contributed by atoms with Gasteiger partial charge in [-0.3, -0.25) is 9.48 Å². The third kappa shape index (κ3) is 4.84. The maximum atomic E-state index is 12.5. The van der Waals surface area contributed by atoms with Gasteiger partial charge in [-0.25, -0.2) is 0 Å². The minimum Gasteiger partial charge on any atom is -0.490 e. The number of benzene rings is 1. The van der Waals surface area contributed by atoms with Crippen LogP contribution in [0.4, 0.5) is 0 Å². The molecule has 0 atom stereocenters. The lowest BCUT2D eigenvalue weighted by Gasteiger charge is -2.14. The van der Waals surface area contributed by atoms with Crippen LogP contribution in [0.3, 0.4) is 0 Å². The molecule has 0 radical (unpaired) electrons. The van der Waals surface area contributed by atoms with Crippen molar-refractivity contribution in [1.82, 2.24) is 15.1 Å². The fourth-order valence-corrected chi connectivity index (χ4v) is 3.42. The third-order valence-corrected chi connectivity index (χ3v) is 4.64. The number of hydrogen-bond donors (Lipinski definition) is 1. The first-order valence-electron chi connectivity index (χ1n) is 8.34. The van der Waals surface area contributed by atoms with Gasteiger partial charge in [-0.1, -0.05) is 55.6 Å². The molecule has 0 unspecified atom stereocenters. The summed E-state index contributed by atoms with van der Waals surface area (Å²) < 4.78 is 7.13. The van der Waals surface area contributed by atoms with Gasteiger partial charge in [0.1, 0.15) is 5.69 Å². The molecule has 142 valence electrons. The van der Waals surface area contributed by atoms with E-state index in [2.05, 4.69) is 10.4 Å². The first kappa shape index (κ1) is 20.9. The highest BCUT2D eigenvalue weighted by Gasteiger charge is 2.20. The van der Waals surface area contributed by atoms with Crippen molar-refractivity contribution >= 4 is 40.7 Å². The molecule has 1 aromatic carbocycles. The second-order valence-corrected chi connectivity index (χ2v) is 7.55. The van der Waals surface area contributed by atoms with E-state index < -0.39 is 0 Å². The number of aromatic nitrogens is 2. The predicted octanol–water partition coefficient (Wildman–Crippen LogP) is 4.91. The summed E-state index contributed by atoms with van der Waals surface area (Å²) in [4.78, 5) is 12.5. The Morgan fingerprint density at radius 1 is 1.27 bits per heavy atom. The van der Waals surface area contributed by atoms with Gasteiger partial charge in [0.15, 0.2) is 5.75 Å². The number of nitrogens with one attached hydrogen (secondary N) is 1. The van der Waals surface area contributed by atoms with Crippen molar-refractivity contribution in [3.05, 3.63) is 44.2 Å². The van der Waals surface area contributed by atoms with Gasteiger partial charge < -0.3 is 10.1 Å². The number of nitrogens with zero attached hydrogens (tertiary/aromatic N) is 2. The first-order valence-corrected chi connectivity index (χ1v) is 9.48. The summed E-state index contributed by atoms with van der Waals surface area (Å²) in [7, 11) is 1.69. The van der Waals surface area contributed by atoms with Gasteiger partial charge >= 0.3 is 0 Å². The van der Waals surface area contributed by atoms with Crippen molar-refractivity contribution in [2.45, 2.75) is 33.7 Å². The molecule has 8 heteroatoms. The van der Waals surface area contributed by atoms with Gasteiger partial charge in [0.05, 0.1) is 27.4 Å². The van der Waals surface area contributed by atoms with Crippen molar-refractivity contribution in [3.63, 3.8) is 0 Å². The van der Waals surface area contributed by atoms with Crippen molar-refractivity contribution < 1.29 is 9.53 Å². The normalized spacial score (nSPS) is 11.1. The van der Waals surface area contributed by atoms with E-state index in [9.17, 15) is 4.79 Å². The first-order chi connectivity index (χ1) is 12.2. The molecule has 0 fully saturated rings. The Morgan fingerprint density at radius 2 is 1.88 bits per heavy atom. The molecule has 0 saturated heterocycles. The summed E-state index contributed by atoms with van der Waals surface area (Å²) in [6.07, 6.45) is 0.656. The smallest absolute Gasteiger partial charge is 0.271 e. The van der Waals surface area contributed by atoms with Crippen LogP contribution < -0.4 is 10.1 Å². The number of hydrogen-bond acceptors (Lipinski definition) is 3. The van der Waals surface area contributed by atoms with Crippen LogP contribution in [-0.4, -0.2) is 22.3 Å². The van der Waals surface area contributed by atoms with Crippen molar-refractivity contribution in [3.8, 4) is 5.75 Å². The lowest BCUT2D eigenvalue weighted by atomic mass is 10.2. The van der Waals surface area contributed by atoms with Crippen molar-refractivity contribution in [2.24, 2.45) is 13.0 Å². The largest absolute Gasteiger partial charge is 0.490 e. The number of aryl methyl sites for hydroxylation is 2. The van der Waals surface area contributed by atoms with Gasteiger partial charge in [0, 0.05) is 13.6 Å². The Labute approximate surface area is 168 Å². The standard InChI is InChI=1S/C18H22Cl3N3O2/c1-5-14-15(21)16(24(4)23-14)18(25)22-8-11-6-12(19)17(13(20)7-11)26-9-10(2)3/h6-7,10H,5,8-9H2,1-4H3,(H,22,25). The molecule has 26 heavy (non-hydrogen) atoms. The van der Waals surface area contributed by atoms with Gasteiger partial charge in [-0.05, 0) is 30.0 Å². The average Bonchev–Trinajstić information content (AvgIpc) is 2.85. The van der Waals surface area contributed by atoms with Crippen LogP contribution in [0.15, 0.2) is 12.1 Å². The summed E-state index contributed by atoms with van der Waals surface area (Å²) in [6, 6.07) is 3.46. The Hall–Kier alpha value is -1.43. The molecule has 0 aliphatic carbocycles. The zero-order valence-corrected chi connectivity index (χ0v) is 17.5. The van der Waals surface area contributed by atoms with Crippen LogP contribution in [0.25, 0.3) is 0 Å². The fourth-order valence-electron chi connectivity index (χ4n) is 2.39. The Morgan fingerprint density at radius 3 is 2.38 bits per heavy atom. The second kappa shape index (κ2) is 8.98. The summed E-state index contributed by atoms with van der Waals surface area (Å²) in [5.74, 6) is 0.509. The molecule has 5 nitrogen and oxygen atoms in total. The molecule has 1 heterocycles. The molecule has 0 aliphatic heterocycles.